The molecule has 164 valence electrons. The summed E-state index contributed by atoms with van der Waals surface area (Å²) < 4.78 is 25.7. The number of allylic oxidation sites excluding steroid dienone is 1. The van der Waals surface area contributed by atoms with Gasteiger partial charge in [0.2, 0.25) is 0 Å². The topological polar surface area (TPSA) is 110 Å². The van der Waals surface area contributed by atoms with Gasteiger partial charge in [0.05, 0.1) is 22.9 Å². The number of para-hydroxylation sites is 1. The second-order valence-corrected chi connectivity index (χ2v) is 10.1. The molecule has 31 heavy (non-hydrogen) atoms. The van der Waals surface area contributed by atoms with Crippen LogP contribution in [-0.4, -0.2) is 36.6 Å². The number of anilines is 1. The summed E-state index contributed by atoms with van der Waals surface area (Å²) in [4.78, 5) is 25.0. The average Bonchev–Trinajstić information content (AvgIpc) is 3.21. The highest BCUT2D eigenvalue weighted by Crippen LogP contribution is 2.33. The Balaban J connectivity index is 1.51. The number of rotatable bonds is 5. The minimum atomic E-state index is -3.31. The van der Waals surface area contributed by atoms with Crippen molar-refractivity contribution in [1.82, 2.24) is 15.1 Å². The van der Waals surface area contributed by atoms with Crippen LogP contribution in [-0.2, 0) is 30.9 Å². The summed E-state index contributed by atoms with van der Waals surface area (Å²) in [5.41, 5.74) is 3.79. The number of carbonyl (C=O) groups excluding carboxylic acids is 2. The predicted octanol–water partition coefficient (Wildman–Crippen LogP) is 2.55. The molecule has 2 aromatic rings. The summed E-state index contributed by atoms with van der Waals surface area (Å²) in [5, 5.41) is 9.71. The van der Waals surface area contributed by atoms with E-state index >= 15 is 0 Å². The monoisotopic (exact) mass is 442 g/mol. The van der Waals surface area contributed by atoms with Crippen molar-refractivity contribution in [2.24, 2.45) is 0 Å². The van der Waals surface area contributed by atoms with Gasteiger partial charge in [0.15, 0.2) is 9.84 Å². The number of carbonyl (C=O) groups is 2. The van der Waals surface area contributed by atoms with Crippen LogP contribution in [0.2, 0.25) is 0 Å². The maximum Gasteiger partial charge on any atom is 0.314 e. The third kappa shape index (κ3) is 4.71. The summed E-state index contributed by atoms with van der Waals surface area (Å²) in [6, 6.07) is 7.45. The van der Waals surface area contributed by atoms with E-state index in [-0.39, 0.29) is 17.3 Å². The van der Waals surface area contributed by atoms with E-state index in [1.165, 1.54) is 16.7 Å². The lowest BCUT2D eigenvalue weighted by molar-refractivity contribution is -0.136. The van der Waals surface area contributed by atoms with Crippen LogP contribution in [0.15, 0.2) is 35.9 Å². The van der Waals surface area contributed by atoms with Gasteiger partial charge in [-0.2, -0.15) is 5.10 Å². The summed E-state index contributed by atoms with van der Waals surface area (Å²) in [6.07, 6.45) is 7.41. The minimum absolute atomic E-state index is 0.175. The molecule has 2 N–H and O–H groups in total. The summed E-state index contributed by atoms with van der Waals surface area (Å²) >= 11 is 0. The van der Waals surface area contributed by atoms with Gasteiger partial charge in [-0.3, -0.25) is 9.59 Å². The van der Waals surface area contributed by atoms with Gasteiger partial charge in [0, 0.05) is 12.1 Å². The van der Waals surface area contributed by atoms with Crippen molar-refractivity contribution >= 4 is 27.5 Å². The van der Waals surface area contributed by atoms with Crippen LogP contribution in [0.25, 0.3) is 5.69 Å². The Labute approximate surface area is 181 Å². The maximum atomic E-state index is 12.6. The molecule has 0 saturated carbocycles. The molecule has 0 bridgehead atoms. The van der Waals surface area contributed by atoms with Gasteiger partial charge in [0.1, 0.15) is 5.82 Å². The maximum absolute atomic E-state index is 12.6. The van der Waals surface area contributed by atoms with E-state index in [0.29, 0.717) is 23.5 Å². The van der Waals surface area contributed by atoms with Crippen LogP contribution in [0.1, 0.15) is 48.9 Å². The van der Waals surface area contributed by atoms with Crippen molar-refractivity contribution in [2.75, 3.05) is 11.9 Å². The Morgan fingerprint density at radius 3 is 2.68 bits per heavy atom. The fourth-order valence-electron chi connectivity index (χ4n) is 4.06. The van der Waals surface area contributed by atoms with Crippen LogP contribution >= 0.6 is 0 Å². The Bertz CT molecular complexity index is 1160. The summed E-state index contributed by atoms with van der Waals surface area (Å²) in [7, 11) is -3.31. The molecule has 1 aromatic heterocycles. The van der Waals surface area contributed by atoms with E-state index in [1.54, 1.807) is 0 Å². The number of aromatic nitrogens is 2. The number of aryl methyl sites for hydroxylation is 1. The van der Waals surface area contributed by atoms with Gasteiger partial charge in [-0.25, -0.2) is 13.1 Å². The first-order valence-corrected chi connectivity index (χ1v) is 12.3. The molecular formula is C22H26N4O4S. The molecule has 0 radical (unpaired) electrons. The first kappa shape index (κ1) is 21.3. The van der Waals surface area contributed by atoms with Crippen LogP contribution in [0.4, 0.5) is 5.82 Å². The smallest absolute Gasteiger partial charge is 0.314 e. The molecule has 0 atom stereocenters. The molecule has 1 aromatic carbocycles. The second-order valence-electron chi connectivity index (χ2n) is 8.07. The number of amides is 2. The first-order valence-electron chi connectivity index (χ1n) is 10.5. The fourth-order valence-corrected chi connectivity index (χ4v) is 5.55. The van der Waals surface area contributed by atoms with Gasteiger partial charge in [0.25, 0.3) is 0 Å². The fraction of sp³-hybridized carbons (Fsp3) is 0.409. The molecule has 0 saturated heterocycles. The number of fused-ring (bicyclic) bond motifs is 1. The SMILES string of the molecule is Cc1ccccc1-n1nc2c(c1NC(=O)C(=O)NCCC1=CCCCC1)CS(=O)(=O)C2. The second kappa shape index (κ2) is 8.66. The largest absolute Gasteiger partial charge is 0.348 e. The molecule has 1 aliphatic carbocycles. The third-order valence-corrected chi connectivity index (χ3v) is 7.13. The predicted molar refractivity (Wildman–Crippen MR) is 117 cm³/mol. The number of hydrogen-bond acceptors (Lipinski definition) is 5. The van der Waals surface area contributed by atoms with Gasteiger partial charge in [-0.05, 0) is 50.7 Å². The number of nitrogens with zero attached hydrogens (tertiary/aromatic N) is 2. The Morgan fingerprint density at radius 2 is 1.94 bits per heavy atom. The molecule has 0 unspecified atom stereocenters. The Morgan fingerprint density at radius 1 is 1.13 bits per heavy atom. The van der Waals surface area contributed by atoms with Crippen LogP contribution in [0, 0.1) is 6.92 Å². The zero-order chi connectivity index (χ0) is 22.0. The normalized spacial score (nSPS) is 17.0. The van der Waals surface area contributed by atoms with Gasteiger partial charge < -0.3 is 10.6 Å². The molecule has 0 fully saturated rings. The van der Waals surface area contributed by atoms with E-state index in [4.69, 9.17) is 0 Å². The van der Waals surface area contributed by atoms with Crippen molar-refractivity contribution < 1.29 is 18.0 Å². The molecular weight excluding hydrogens is 416 g/mol. The van der Waals surface area contributed by atoms with Crippen molar-refractivity contribution in [3.8, 4) is 5.69 Å². The number of nitrogens with one attached hydrogen (secondary N) is 2. The Hall–Kier alpha value is -2.94. The molecule has 2 amide bonds. The zero-order valence-corrected chi connectivity index (χ0v) is 18.3. The highest BCUT2D eigenvalue weighted by Gasteiger charge is 2.34. The molecule has 9 heteroatoms. The standard InChI is InChI=1S/C22H26N4O4S/c1-15-7-5-6-10-19(15)26-20(17-13-31(29,30)14-18(17)25-26)24-22(28)21(27)23-12-11-16-8-3-2-4-9-16/h5-8,10H,2-4,9,11-14H2,1H3,(H,23,27)(H,24,28). The molecule has 0 spiro atoms. The van der Waals surface area contributed by atoms with Gasteiger partial charge in [-0.1, -0.05) is 29.8 Å². The molecule has 4 rings (SSSR count). The third-order valence-electron chi connectivity index (χ3n) is 5.69. The van der Waals surface area contributed by atoms with E-state index < -0.39 is 21.7 Å². The van der Waals surface area contributed by atoms with E-state index in [0.717, 1.165) is 31.2 Å². The zero-order valence-electron chi connectivity index (χ0n) is 17.5. The van der Waals surface area contributed by atoms with Gasteiger partial charge >= 0.3 is 11.8 Å². The molecule has 2 aliphatic rings. The quantitative estimate of drug-likeness (QED) is 0.546. The number of hydrogen-bond donors (Lipinski definition) is 2. The van der Waals surface area contributed by atoms with Crippen molar-refractivity contribution in [1.29, 1.82) is 0 Å². The Kier molecular flexibility index (Phi) is 5.95. The summed E-state index contributed by atoms with van der Waals surface area (Å²) in [5.74, 6) is -1.73. The van der Waals surface area contributed by atoms with E-state index in [1.807, 2.05) is 31.2 Å². The van der Waals surface area contributed by atoms with Crippen LogP contribution < -0.4 is 10.6 Å². The average molecular weight is 443 g/mol. The van der Waals surface area contributed by atoms with E-state index in [2.05, 4.69) is 21.8 Å². The van der Waals surface area contributed by atoms with Crippen molar-refractivity contribution in [3.05, 3.63) is 52.7 Å². The first-order chi connectivity index (χ1) is 14.8. The lowest BCUT2D eigenvalue weighted by Gasteiger charge is -2.14. The highest BCUT2D eigenvalue weighted by atomic mass is 32.2. The lowest BCUT2D eigenvalue weighted by atomic mass is 9.97. The number of sulfone groups is 1. The lowest BCUT2D eigenvalue weighted by Crippen LogP contribution is -2.36. The van der Waals surface area contributed by atoms with Gasteiger partial charge in [-0.15, -0.1) is 0 Å². The molecule has 1 aliphatic heterocycles. The minimum Gasteiger partial charge on any atom is -0.348 e. The molecule has 2 heterocycles. The van der Waals surface area contributed by atoms with Crippen LogP contribution in [0.3, 0.4) is 0 Å². The number of benzene rings is 1. The van der Waals surface area contributed by atoms with Crippen molar-refractivity contribution in [3.63, 3.8) is 0 Å². The summed E-state index contributed by atoms with van der Waals surface area (Å²) in [6.45, 7) is 2.29. The van der Waals surface area contributed by atoms with E-state index in [9.17, 15) is 18.0 Å². The van der Waals surface area contributed by atoms with Crippen molar-refractivity contribution in [2.45, 2.75) is 50.5 Å². The molecule has 8 nitrogen and oxygen atoms in total. The van der Waals surface area contributed by atoms with Crippen LogP contribution in [0.5, 0.6) is 0 Å². The highest BCUT2D eigenvalue weighted by molar-refractivity contribution is 7.90.